The van der Waals surface area contributed by atoms with Crippen molar-refractivity contribution in [1.29, 1.82) is 0 Å². The highest BCUT2D eigenvalue weighted by atomic mass is 16.1. The van der Waals surface area contributed by atoms with Crippen molar-refractivity contribution in [2.75, 3.05) is 11.5 Å². The molecular weight excluding hydrogens is 134 g/mol. The van der Waals surface area contributed by atoms with Gasteiger partial charge < -0.3 is 11.5 Å². The van der Waals surface area contributed by atoms with Gasteiger partial charge >= 0.3 is 5.69 Å². The molecule has 10 heavy (non-hydrogen) atoms. The van der Waals surface area contributed by atoms with Gasteiger partial charge in [-0.25, -0.2) is 4.79 Å². The maximum absolute atomic E-state index is 10.7. The van der Waals surface area contributed by atoms with Crippen LogP contribution in [0.2, 0.25) is 0 Å². The Balaban J connectivity index is 3.46. The number of rotatable bonds is 0. The van der Waals surface area contributed by atoms with Crippen LogP contribution in [0.4, 0.5) is 11.9 Å². The van der Waals surface area contributed by atoms with Gasteiger partial charge in [0.15, 0.2) is 0 Å². The number of nitrogens with two attached hydrogens (primary N) is 2. The van der Waals surface area contributed by atoms with Gasteiger partial charge in [-0.1, -0.05) is 0 Å². The van der Waals surface area contributed by atoms with Crippen molar-refractivity contribution >= 4 is 11.9 Å². The van der Waals surface area contributed by atoms with Crippen LogP contribution >= 0.6 is 0 Å². The first-order valence-electron chi connectivity index (χ1n) is 2.57. The molecule has 1 heterocycles. The van der Waals surface area contributed by atoms with Crippen LogP contribution in [0.1, 0.15) is 0 Å². The van der Waals surface area contributed by atoms with E-state index in [2.05, 4.69) is 9.97 Å². The summed E-state index contributed by atoms with van der Waals surface area (Å²) in [6, 6.07) is 0. The first-order valence-corrected chi connectivity index (χ1v) is 2.57. The molecule has 1 aromatic rings. The molecule has 0 aliphatic heterocycles. The second kappa shape index (κ2) is 1.98. The van der Waals surface area contributed by atoms with Gasteiger partial charge in [0.25, 0.3) is 0 Å². The third kappa shape index (κ3) is 0.903. The highest BCUT2D eigenvalue weighted by molar-refractivity contribution is 5.24. The third-order valence-electron chi connectivity index (χ3n) is 1.07. The zero-order valence-corrected chi connectivity index (χ0v) is 5.40. The largest absolute Gasteiger partial charge is 0.369 e. The quantitative estimate of drug-likeness (QED) is 0.450. The molecule has 0 amide bonds. The molecule has 0 unspecified atom stereocenters. The van der Waals surface area contributed by atoms with Gasteiger partial charge in [0.05, 0.1) is 0 Å². The van der Waals surface area contributed by atoms with Gasteiger partial charge in [-0.15, -0.1) is 0 Å². The van der Waals surface area contributed by atoms with Gasteiger partial charge in [0.1, 0.15) is 0 Å². The molecule has 0 radical (unpaired) electrons. The van der Waals surface area contributed by atoms with Crippen LogP contribution in [0.15, 0.2) is 4.79 Å². The van der Waals surface area contributed by atoms with Gasteiger partial charge in [-0.2, -0.15) is 9.97 Å². The lowest BCUT2D eigenvalue weighted by Crippen LogP contribution is -2.25. The monoisotopic (exact) mass is 141 g/mol. The highest BCUT2D eigenvalue weighted by Crippen LogP contribution is 1.90. The number of hydrogen-bond donors (Lipinski definition) is 2. The zero-order valence-electron chi connectivity index (χ0n) is 5.40. The number of hydrogen-bond acceptors (Lipinski definition) is 5. The van der Waals surface area contributed by atoms with Gasteiger partial charge in [0.2, 0.25) is 11.9 Å². The highest BCUT2D eigenvalue weighted by Gasteiger charge is 1.98. The molecule has 0 saturated carbocycles. The number of nitrogen functional groups attached to an aromatic ring is 2. The van der Waals surface area contributed by atoms with E-state index < -0.39 is 5.69 Å². The Hall–Kier alpha value is -1.59. The van der Waals surface area contributed by atoms with Gasteiger partial charge in [-0.05, 0) is 0 Å². The standard InChI is InChI=1S/C4H7N5O/c1-9-3(6)7-2(5)8-4(9)10/h1H3,(H4,5,6,7,8,10). The van der Waals surface area contributed by atoms with Crippen LogP contribution in [0.25, 0.3) is 0 Å². The van der Waals surface area contributed by atoms with Crippen molar-refractivity contribution < 1.29 is 0 Å². The minimum Gasteiger partial charge on any atom is -0.369 e. The SMILES string of the molecule is Cn1c(N)nc(N)nc1=O. The summed E-state index contributed by atoms with van der Waals surface area (Å²) in [5, 5.41) is 0. The smallest absolute Gasteiger partial charge is 0.353 e. The minimum atomic E-state index is -0.495. The Kier molecular flexibility index (Phi) is 1.29. The summed E-state index contributed by atoms with van der Waals surface area (Å²) in [5.74, 6) is -0.0295. The Morgan fingerprint density at radius 3 is 2.50 bits per heavy atom. The molecule has 1 rings (SSSR count). The average Bonchev–Trinajstić information content (AvgIpc) is 1.82. The topological polar surface area (TPSA) is 99.8 Å². The molecule has 6 nitrogen and oxygen atoms in total. The summed E-state index contributed by atoms with van der Waals surface area (Å²) in [7, 11) is 1.47. The van der Waals surface area contributed by atoms with Crippen LogP contribution < -0.4 is 17.2 Å². The molecule has 0 aromatic carbocycles. The van der Waals surface area contributed by atoms with Crippen molar-refractivity contribution in [2.24, 2.45) is 7.05 Å². The van der Waals surface area contributed by atoms with Crippen molar-refractivity contribution in [1.82, 2.24) is 14.5 Å². The first kappa shape index (κ1) is 6.53. The van der Waals surface area contributed by atoms with E-state index in [1.807, 2.05) is 0 Å². The molecule has 0 atom stereocenters. The fourth-order valence-electron chi connectivity index (χ4n) is 0.488. The molecule has 1 aromatic heterocycles. The number of anilines is 2. The van der Waals surface area contributed by atoms with E-state index in [0.717, 1.165) is 4.57 Å². The van der Waals surface area contributed by atoms with Crippen molar-refractivity contribution in [3.05, 3.63) is 10.5 Å². The van der Waals surface area contributed by atoms with E-state index in [4.69, 9.17) is 11.5 Å². The van der Waals surface area contributed by atoms with E-state index in [9.17, 15) is 4.79 Å². The summed E-state index contributed by atoms with van der Waals surface area (Å²) < 4.78 is 1.11. The molecule has 0 fully saturated rings. The molecule has 0 bridgehead atoms. The molecule has 4 N–H and O–H groups in total. The van der Waals surface area contributed by atoms with Crippen molar-refractivity contribution in [2.45, 2.75) is 0 Å². The van der Waals surface area contributed by atoms with E-state index in [-0.39, 0.29) is 11.9 Å². The average molecular weight is 141 g/mol. The van der Waals surface area contributed by atoms with Crippen LogP contribution in [0, 0.1) is 0 Å². The fraction of sp³-hybridized carbons (Fsp3) is 0.250. The molecule has 0 aliphatic carbocycles. The maximum atomic E-state index is 10.7. The van der Waals surface area contributed by atoms with Gasteiger partial charge in [-0.3, -0.25) is 4.57 Å². The molecule has 0 spiro atoms. The fourth-order valence-corrected chi connectivity index (χ4v) is 0.488. The predicted molar refractivity (Wildman–Crippen MR) is 36.1 cm³/mol. The molecular formula is C4H7N5O. The summed E-state index contributed by atoms with van der Waals surface area (Å²) in [6.07, 6.45) is 0. The zero-order chi connectivity index (χ0) is 7.72. The Morgan fingerprint density at radius 2 is 2.00 bits per heavy atom. The van der Waals surface area contributed by atoms with E-state index in [1.165, 1.54) is 7.05 Å². The molecule has 6 heteroatoms. The predicted octanol–water partition coefficient (Wildman–Crippen LogP) is -1.66. The van der Waals surface area contributed by atoms with E-state index >= 15 is 0 Å². The summed E-state index contributed by atoms with van der Waals surface area (Å²) in [6.45, 7) is 0. The molecule has 0 saturated heterocycles. The summed E-state index contributed by atoms with van der Waals surface area (Å²) >= 11 is 0. The Bertz CT molecular complexity index is 303. The van der Waals surface area contributed by atoms with E-state index in [1.54, 1.807) is 0 Å². The third-order valence-corrected chi connectivity index (χ3v) is 1.07. The number of aromatic nitrogens is 3. The van der Waals surface area contributed by atoms with Crippen molar-refractivity contribution in [3.8, 4) is 0 Å². The Labute approximate surface area is 56.5 Å². The minimum absolute atomic E-state index is 0.0671. The second-order valence-electron chi connectivity index (χ2n) is 1.78. The summed E-state index contributed by atoms with van der Waals surface area (Å²) in [4.78, 5) is 17.6. The lowest BCUT2D eigenvalue weighted by Gasteiger charge is -1.98. The molecule has 0 aliphatic rings. The van der Waals surface area contributed by atoms with Crippen LogP contribution in [-0.4, -0.2) is 14.5 Å². The normalized spacial score (nSPS) is 9.70. The second-order valence-corrected chi connectivity index (χ2v) is 1.78. The van der Waals surface area contributed by atoms with Crippen LogP contribution in [0.5, 0.6) is 0 Å². The van der Waals surface area contributed by atoms with Gasteiger partial charge in [0, 0.05) is 7.05 Å². The first-order chi connectivity index (χ1) is 4.61. The van der Waals surface area contributed by atoms with Crippen LogP contribution in [-0.2, 0) is 7.05 Å². The lowest BCUT2D eigenvalue weighted by molar-refractivity contribution is 0.794. The number of nitrogens with zero attached hydrogens (tertiary/aromatic N) is 3. The van der Waals surface area contributed by atoms with Crippen molar-refractivity contribution in [3.63, 3.8) is 0 Å². The molecule has 54 valence electrons. The van der Waals surface area contributed by atoms with Crippen LogP contribution in [0.3, 0.4) is 0 Å². The summed E-state index contributed by atoms with van der Waals surface area (Å²) in [5.41, 5.74) is 9.87. The lowest BCUT2D eigenvalue weighted by atomic mass is 10.8. The Morgan fingerprint density at radius 1 is 1.40 bits per heavy atom. The van der Waals surface area contributed by atoms with E-state index in [0.29, 0.717) is 0 Å². The maximum Gasteiger partial charge on any atom is 0.353 e.